The van der Waals surface area contributed by atoms with Crippen LogP contribution in [0.5, 0.6) is 11.5 Å². The Bertz CT molecular complexity index is 2400. The van der Waals surface area contributed by atoms with Crippen LogP contribution in [0.15, 0.2) is 84.9 Å². The number of benzene rings is 4. The first-order valence-electron chi connectivity index (χ1n) is 21.4. The molecule has 0 aromatic heterocycles. The van der Waals surface area contributed by atoms with Crippen LogP contribution in [-0.2, 0) is 32.2 Å². The molecule has 18 heteroatoms. The number of nitrogens with zero attached hydrogens (tertiary/aromatic N) is 4. The van der Waals surface area contributed by atoms with E-state index in [4.69, 9.17) is 47.9 Å². The Hall–Kier alpha value is -5.75. The van der Waals surface area contributed by atoms with Crippen LogP contribution in [0.1, 0.15) is 22.3 Å². The molecule has 4 atom stereocenters. The molecule has 4 aromatic carbocycles. The maximum absolute atomic E-state index is 13.3. The van der Waals surface area contributed by atoms with E-state index in [-0.39, 0.29) is 47.6 Å². The highest BCUT2D eigenvalue weighted by Crippen LogP contribution is 2.33. The fourth-order valence-electron chi connectivity index (χ4n) is 8.71. The van der Waals surface area contributed by atoms with E-state index in [1.54, 1.807) is 66.8 Å². The van der Waals surface area contributed by atoms with Crippen LogP contribution >= 0.6 is 23.2 Å². The molecule has 66 heavy (non-hydrogen) atoms. The summed E-state index contributed by atoms with van der Waals surface area (Å²) >= 11 is 12.3. The molecule has 4 fully saturated rings. The van der Waals surface area contributed by atoms with Gasteiger partial charge in [0.1, 0.15) is 23.1 Å². The van der Waals surface area contributed by atoms with Gasteiger partial charge >= 0.3 is 6.03 Å². The number of hydrogen-bond donors (Lipinski definition) is 3. The van der Waals surface area contributed by atoms with Crippen molar-refractivity contribution in [2.45, 2.75) is 37.3 Å². The van der Waals surface area contributed by atoms with Gasteiger partial charge in [-0.2, -0.15) is 0 Å². The number of ether oxygens (including phenoxy) is 4. The average molecular weight is 949 g/mol. The number of fused-ring (bicyclic) bond motifs is 4. The maximum Gasteiger partial charge on any atom is 0.318 e. The Labute approximate surface area is 392 Å². The second-order valence-corrected chi connectivity index (χ2v) is 17.2. The van der Waals surface area contributed by atoms with Crippen LogP contribution in [0.4, 0.5) is 25.0 Å². The van der Waals surface area contributed by atoms with Gasteiger partial charge in [-0.05, 0) is 71.8 Å². The molecule has 8 rings (SSSR count). The van der Waals surface area contributed by atoms with E-state index in [1.807, 2.05) is 9.80 Å². The molecule has 4 aromatic rings. The second-order valence-electron chi connectivity index (χ2n) is 16.4. The number of nitrogens with two attached hydrogens (primary N) is 1. The smallest absolute Gasteiger partial charge is 0.318 e. The number of morpholine rings is 2. The van der Waals surface area contributed by atoms with Gasteiger partial charge < -0.3 is 45.1 Å². The number of nitrogens with one attached hydrogen (secondary N) is 2. The minimum atomic E-state index is -0.406. The van der Waals surface area contributed by atoms with Gasteiger partial charge in [0.05, 0.1) is 80.5 Å². The number of halogens is 4. The van der Waals surface area contributed by atoms with Crippen molar-refractivity contribution in [1.29, 1.82) is 0 Å². The van der Waals surface area contributed by atoms with Gasteiger partial charge in [0.15, 0.2) is 0 Å². The number of nitrogen functional groups attached to an aromatic ring is 1. The van der Waals surface area contributed by atoms with Crippen molar-refractivity contribution in [3.8, 4) is 11.5 Å². The molecule has 4 N–H and O–H groups in total. The Morgan fingerprint density at radius 1 is 0.682 bits per heavy atom. The van der Waals surface area contributed by atoms with E-state index >= 15 is 0 Å². The third-order valence-corrected chi connectivity index (χ3v) is 12.4. The fraction of sp³-hybridized carbons (Fsp3) is 0.354. The van der Waals surface area contributed by atoms with Gasteiger partial charge in [-0.15, -0.1) is 0 Å². The molecule has 0 spiro atoms. The third-order valence-electron chi connectivity index (χ3n) is 11.8. The summed E-state index contributed by atoms with van der Waals surface area (Å²) in [6.07, 6.45) is 6.38. The zero-order valence-corrected chi connectivity index (χ0v) is 38.4. The lowest BCUT2D eigenvalue weighted by Gasteiger charge is -2.49. The minimum Gasteiger partial charge on any atom is -0.495 e. The Kier molecular flexibility index (Phi) is 16.2. The molecule has 4 amide bonds. The molecule has 350 valence electrons. The van der Waals surface area contributed by atoms with Gasteiger partial charge in [-0.1, -0.05) is 47.5 Å². The summed E-state index contributed by atoms with van der Waals surface area (Å²) in [6, 6.07) is 18.9. The number of amides is 4. The van der Waals surface area contributed by atoms with E-state index < -0.39 is 6.03 Å². The normalized spacial score (nSPS) is 20.7. The highest BCUT2D eigenvalue weighted by atomic mass is 35.5. The molecular formula is C48H53Cl2F2N7O7. The quantitative estimate of drug-likeness (QED) is 0.112. The first kappa shape index (κ1) is 48.2. The van der Waals surface area contributed by atoms with E-state index in [0.29, 0.717) is 110 Å². The van der Waals surface area contributed by atoms with Crippen molar-refractivity contribution in [2.75, 3.05) is 84.9 Å². The van der Waals surface area contributed by atoms with Crippen LogP contribution < -0.4 is 25.8 Å². The number of methoxy groups -OCH3 is 2. The molecule has 0 radical (unpaired) electrons. The molecule has 4 unspecified atom stereocenters. The van der Waals surface area contributed by atoms with Gasteiger partial charge in [-0.25, -0.2) is 13.6 Å². The standard InChI is InChI=1S/C25H28ClFN4O4.C23H25ClFN3O3/c1-28-25(33)29-22-10-21(26)23(34-2)9-17(22)5-8-24(32)31-19-12-30(13-20(31)15-35-14-19)11-16-3-6-18(27)7-4-16;1-30-22-8-16(21(26)9-20(22)24)4-7-23(29)28-18-11-27(12-19(28)14-31-13-18)10-15-2-5-17(25)6-3-15/h3-10,19-20H,11-15H2,1-2H3,(H2,28,29,33);2-9,18-19H,10-14,26H2,1H3/b8-5+;7-4+. The first-order chi connectivity index (χ1) is 31.8. The topological polar surface area (TPSA) is 151 Å². The number of hydrogen-bond acceptors (Lipinski definition) is 10. The van der Waals surface area contributed by atoms with Crippen molar-refractivity contribution in [1.82, 2.24) is 24.9 Å². The fourth-order valence-corrected chi connectivity index (χ4v) is 9.20. The summed E-state index contributed by atoms with van der Waals surface area (Å²) in [4.78, 5) is 46.5. The van der Waals surface area contributed by atoms with Crippen LogP contribution in [-0.4, -0.2) is 135 Å². The molecule has 4 saturated heterocycles. The molecule has 0 saturated carbocycles. The minimum absolute atomic E-state index is 0.0396. The van der Waals surface area contributed by atoms with Crippen molar-refractivity contribution < 1.29 is 42.1 Å². The summed E-state index contributed by atoms with van der Waals surface area (Å²) in [5, 5.41) is 5.97. The van der Waals surface area contributed by atoms with Gasteiger partial charge in [0, 0.05) is 75.3 Å². The molecule has 4 aliphatic heterocycles. The SMILES string of the molecule is CNC(=O)Nc1cc(Cl)c(OC)cc1/C=C/C(=O)N1C2COCC1CN(Cc1ccc(F)cc1)C2.COc1cc(/C=C/C(=O)N2C3COCC2CN(Cc2ccc(F)cc2)C3)c(N)cc1Cl. The number of carbonyl (C=O) groups is 3. The van der Waals surface area contributed by atoms with Crippen LogP contribution in [0.3, 0.4) is 0 Å². The summed E-state index contributed by atoms with van der Waals surface area (Å²) in [7, 11) is 4.54. The molecular weight excluding hydrogens is 895 g/mol. The Balaban J connectivity index is 0.000000198. The summed E-state index contributed by atoms with van der Waals surface area (Å²) in [5.74, 6) is 0.226. The Morgan fingerprint density at radius 3 is 1.52 bits per heavy atom. The van der Waals surface area contributed by atoms with Crippen LogP contribution in [0.2, 0.25) is 10.0 Å². The summed E-state index contributed by atoms with van der Waals surface area (Å²) in [6.45, 7) is 6.00. The van der Waals surface area contributed by atoms with E-state index in [0.717, 1.165) is 11.1 Å². The largest absolute Gasteiger partial charge is 0.495 e. The highest BCUT2D eigenvalue weighted by molar-refractivity contribution is 6.32. The monoisotopic (exact) mass is 947 g/mol. The number of rotatable bonds is 11. The predicted octanol–water partition coefficient (Wildman–Crippen LogP) is 6.56. The van der Waals surface area contributed by atoms with E-state index in [2.05, 4.69) is 20.4 Å². The lowest BCUT2D eigenvalue weighted by Crippen LogP contribution is -2.65. The molecule has 14 nitrogen and oxygen atoms in total. The average Bonchev–Trinajstić information content (AvgIpc) is 3.29. The summed E-state index contributed by atoms with van der Waals surface area (Å²) < 4.78 is 48.4. The van der Waals surface area contributed by atoms with Gasteiger partial charge in [0.2, 0.25) is 11.8 Å². The van der Waals surface area contributed by atoms with Gasteiger partial charge in [0.25, 0.3) is 0 Å². The van der Waals surface area contributed by atoms with Crippen LogP contribution in [0.25, 0.3) is 12.2 Å². The third kappa shape index (κ3) is 12.0. The van der Waals surface area contributed by atoms with Crippen molar-refractivity contribution in [3.63, 3.8) is 0 Å². The number of urea groups is 1. The number of piperazine rings is 2. The molecule has 4 aliphatic rings. The predicted molar refractivity (Wildman–Crippen MR) is 250 cm³/mol. The molecule has 4 bridgehead atoms. The number of anilines is 2. The first-order valence-corrected chi connectivity index (χ1v) is 22.2. The maximum atomic E-state index is 13.3. The van der Waals surface area contributed by atoms with Crippen molar-refractivity contribution in [2.24, 2.45) is 0 Å². The van der Waals surface area contributed by atoms with Crippen molar-refractivity contribution in [3.05, 3.63) is 129 Å². The Morgan fingerprint density at radius 2 is 1.09 bits per heavy atom. The van der Waals surface area contributed by atoms with Crippen LogP contribution in [0, 0.1) is 11.6 Å². The number of carbonyl (C=O) groups excluding carboxylic acids is 3. The van der Waals surface area contributed by atoms with E-state index in [9.17, 15) is 23.2 Å². The van der Waals surface area contributed by atoms with Gasteiger partial charge in [-0.3, -0.25) is 19.4 Å². The second kappa shape index (κ2) is 22.2. The highest BCUT2D eigenvalue weighted by Gasteiger charge is 2.41. The lowest BCUT2D eigenvalue weighted by atomic mass is 10.0. The van der Waals surface area contributed by atoms with Crippen molar-refractivity contribution >= 4 is 64.6 Å². The van der Waals surface area contributed by atoms with E-state index in [1.165, 1.54) is 51.6 Å². The molecule has 4 heterocycles. The zero-order chi connectivity index (χ0) is 46.9. The lowest BCUT2D eigenvalue weighted by molar-refractivity contribution is -0.150. The molecule has 0 aliphatic carbocycles. The zero-order valence-electron chi connectivity index (χ0n) is 36.9. The summed E-state index contributed by atoms with van der Waals surface area (Å²) in [5.41, 5.74) is 10.3.